The number of hydrogen-bond donors (Lipinski definition) is 0. The summed E-state index contributed by atoms with van der Waals surface area (Å²) in [5, 5.41) is 0. The number of halogens is 1. The Morgan fingerprint density at radius 2 is 2.07 bits per heavy atom. The fraction of sp³-hybridized carbons (Fsp3) is 0.889. The predicted octanol–water partition coefficient (Wildman–Crippen LogP) is 0.559. The number of amides is 1. The summed E-state index contributed by atoms with van der Waals surface area (Å²) in [7, 11) is -2.92. The smallest absolute Gasteiger partial charge is 0.236 e. The van der Waals surface area contributed by atoms with Gasteiger partial charge in [-0.2, -0.15) is 0 Å². The highest BCUT2D eigenvalue weighted by Gasteiger charge is 2.37. The molecule has 0 radical (unpaired) electrons. The molecule has 4 nitrogen and oxygen atoms in total. The van der Waals surface area contributed by atoms with Gasteiger partial charge in [0.1, 0.15) is 0 Å². The first-order valence-electron chi connectivity index (χ1n) is 5.14. The van der Waals surface area contributed by atoms with Crippen LogP contribution < -0.4 is 0 Å². The van der Waals surface area contributed by atoms with Crippen molar-refractivity contribution < 1.29 is 13.2 Å². The molecule has 15 heavy (non-hydrogen) atoms. The second-order valence-corrected chi connectivity index (χ2v) is 7.53. The molecule has 2 aliphatic rings. The average molecular weight is 296 g/mol. The van der Waals surface area contributed by atoms with Gasteiger partial charge < -0.3 is 4.90 Å². The standard InChI is InChI=1S/C9H14BrNO3S/c10-8-3-4-11(9(8)12)7-2-1-5-15(13,14)6-7/h7-8H,1-6H2. The Balaban J connectivity index is 2.08. The topological polar surface area (TPSA) is 54.5 Å². The third-order valence-electron chi connectivity index (χ3n) is 3.05. The van der Waals surface area contributed by atoms with Crippen molar-refractivity contribution in [2.24, 2.45) is 0 Å². The van der Waals surface area contributed by atoms with E-state index in [0.717, 1.165) is 12.8 Å². The maximum Gasteiger partial charge on any atom is 0.236 e. The maximum atomic E-state index is 11.7. The van der Waals surface area contributed by atoms with Gasteiger partial charge in [0.15, 0.2) is 9.84 Å². The van der Waals surface area contributed by atoms with Gasteiger partial charge in [0.05, 0.1) is 16.3 Å². The van der Waals surface area contributed by atoms with E-state index in [1.54, 1.807) is 4.90 Å². The van der Waals surface area contributed by atoms with Gasteiger partial charge in [0, 0.05) is 12.6 Å². The van der Waals surface area contributed by atoms with Crippen molar-refractivity contribution in [2.75, 3.05) is 18.1 Å². The molecule has 0 aromatic carbocycles. The van der Waals surface area contributed by atoms with Crippen LogP contribution in [0.4, 0.5) is 0 Å². The van der Waals surface area contributed by atoms with Gasteiger partial charge in [-0.25, -0.2) is 8.42 Å². The number of rotatable bonds is 1. The zero-order valence-electron chi connectivity index (χ0n) is 8.36. The first-order valence-corrected chi connectivity index (χ1v) is 7.88. The van der Waals surface area contributed by atoms with Crippen molar-refractivity contribution in [1.29, 1.82) is 0 Å². The van der Waals surface area contributed by atoms with E-state index in [1.807, 2.05) is 0 Å². The van der Waals surface area contributed by atoms with Crippen molar-refractivity contribution >= 4 is 31.7 Å². The fourth-order valence-electron chi connectivity index (χ4n) is 2.27. The quantitative estimate of drug-likeness (QED) is 0.664. The van der Waals surface area contributed by atoms with Crippen molar-refractivity contribution in [2.45, 2.75) is 30.1 Å². The Labute approximate surface area is 98.1 Å². The number of sulfone groups is 1. The lowest BCUT2D eigenvalue weighted by Gasteiger charge is -2.30. The molecule has 86 valence electrons. The minimum absolute atomic E-state index is 0.0529. The van der Waals surface area contributed by atoms with E-state index in [1.165, 1.54) is 0 Å². The monoisotopic (exact) mass is 295 g/mol. The number of carbonyl (C=O) groups is 1. The lowest BCUT2D eigenvalue weighted by Crippen LogP contribution is -2.45. The van der Waals surface area contributed by atoms with E-state index in [4.69, 9.17) is 0 Å². The third kappa shape index (κ3) is 2.36. The molecular weight excluding hydrogens is 282 g/mol. The van der Waals surface area contributed by atoms with Gasteiger partial charge in [-0.05, 0) is 19.3 Å². The molecule has 2 fully saturated rings. The molecule has 2 heterocycles. The summed E-state index contributed by atoms with van der Waals surface area (Å²) < 4.78 is 22.9. The summed E-state index contributed by atoms with van der Waals surface area (Å²) >= 11 is 3.30. The second kappa shape index (κ2) is 4.05. The van der Waals surface area contributed by atoms with E-state index < -0.39 is 9.84 Å². The average Bonchev–Trinajstić information content (AvgIpc) is 2.46. The summed E-state index contributed by atoms with van der Waals surface area (Å²) in [4.78, 5) is 13.3. The highest BCUT2D eigenvalue weighted by Crippen LogP contribution is 2.25. The van der Waals surface area contributed by atoms with E-state index >= 15 is 0 Å². The van der Waals surface area contributed by atoms with Gasteiger partial charge in [0.2, 0.25) is 5.91 Å². The lowest BCUT2D eigenvalue weighted by atomic mass is 10.1. The molecule has 0 bridgehead atoms. The van der Waals surface area contributed by atoms with Crippen LogP contribution in [0.25, 0.3) is 0 Å². The van der Waals surface area contributed by atoms with Crippen LogP contribution in [0.3, 0.4) is 0 Å². The number of carbonyl (C=O) groups excluding carboxylic acids is 1. The lowest BCUT2D eigenvalue weighted by molar-refractivity contribution is -0.128. The van der Waals surface area contributed by atoms with Crippen molar-refractivity contribution in [3.8, 4) is 0 Å². The molecule has 2 unspecified atom stereocenters. The highest BCUT2D eigenvalue weighted by molar-refractivity contribution is 9.10. The molecule has 0 saturated carbocycles. The molecule has 0 aliphatic carbocycles. The zero-order valence-corrected chi connectivity index (χ0v) is 10.8. The minimum Gasteiger partial charge on any atom is -0.338 e. The van der Waals surface area contributed by atoms with E-state index in [0.29, 0.717) is 13.0 Å². The second-order valence-electron chi connectivity index (χ2n) is 4.20. The van der Waals surface area contributed by atoms with Crippen LogP contribution in [0.15, 0.2) is 0 Å². The van der Waals surface area contributed by atoms with Gasteiger partial charge in [-0.3, -0.25) is 4.79 Å². The van der Waals surface area contributed by atoms with Crippen molar-refractivity contribution in [3.63, 3.8) is 0 Å². The molecule has 0 N–H and O–H groups in total. The molecule has 2 atom stereocenters. The van der Waals surface area contributed by atoms with Gasteiger partial charge in [-0.1, -0.05) is 15.9 Å². The first-order chi connectivity index (χ1) is 6.99. The normalized spacial score (nSPS) is 35.8. The summed E-state index contributed by atoms with van der Waals surface area (Å²) in [6.45, 7) is 0.689. The number of likely N-dealkylation sites (tertiary alicyclic amines) is 1. The highest BCUT2D eigenvalue weighted by atomic mass is 79.9. The van der Waals surface area contributed by atoms with Crippen LogP contribution in [-0.4, -0.2) is 48.1 Å². The molecule has 1 amide bonds. The number of nitrogens with zero attached hydrogens (tertiary/aromatic N) is 1. The van der Waals surface area contributed by atoms with Gasteiger partial charge in [0.25, 0.3) is 0 Å². The molecule has 6 heteroatoms. The molecule has 2 aliphatic heterocycles. The van der Waals surface area contributed by atoms with Crippen molar-refractivity contribution in [3.05, 3.63) is 0 Å². The Bertz CT molecular complexity index is 368. The molecule has 2 saturated heterocycles. The molecular formula is C9H14BrNO3S. The fourth-order valence-corrected chi connectivity index (χ4v) is 4.45. The summed E-state index contributed by atoms with van der Waals surface area (Å²) in [5.41, 5.74) is 0. The van der Waals surface area contributed by atoms with Crippen LogP contribution >= 0.6 is 15.9 Å². The van der Waals surface area contributed by atoms with Gasteiger partial charge in [-0.15, -0.1) is 0 Å². The maximum absolute atomic E-state index is 11.7. The van der Waals surface area contributed by atoms with E-state index in [-0.39, 0.29) is 28.3 Å². The third-order valence-corrected chi connectivity index (χ3v) is 5.71. The molecule has 0 spiro atoms. The van der Waals surface area contributed by atoms with Crippen LogP contribution in [0.1, 0.15) is 19.3 Å². The van der Waals surface area contributed by atoms with Crippen LogP contribution in [0.2, 0.25) is 0 Å². The minimum atomic E-state index is -2.92. The first kappa shape index (κ1) is 11.4. The Kier molecular flexibility index (Phi) is 3.07. The number of hydrogen-bond acceptors (Lipinski definition) is 3. The van der Waals surface area contributed by atoms with E-state index in [2.05, 4.69) is 15.9 Å². The summed E-state index contributed by atoms with van der Waals surface area (Å²) in [6.07, 6.45) is 2.30. The number of alkyl halides is 1. The zero-order chi connectivity index (χ0) is 11.1. The molecule has 2 rings (SSSR count). The summed E-state index contributed by atoms with van der Waals surface area (Å²) in [5.74, 6) is 0.485. The Morgan fingerprint density at radius 1 is 1.33 bits per heavy atom. The molecule has 0 aromatic rings. The van der Waals surface area contributed by atoms with E-state index in [9.17, 15) is 13.2 Å². The Hall–Kier alpha value is -0.100. The Morgan fingerprint density at radius 3 is 2.60 bits per heavy atom. The van der Waals surface area contributed by atoms with Crippen LogP contribution in [0, 0.1) is 0 Å². The SMILES string of the molecule is O=C1C(Br)CCN1C1CCCS(=O)(=O)C1. The van der Waals surface area contributed by atoms with Crippen LogP contribution in [-0.2, 0) is 14.6 Å². The van der Waals surface area contributed by atoms with Crippen molar-refractivity contribution in [1.82, 2.24) is 4.90 Å². The van der Waals surface area contributed by atoms with Crippen LogP contribution in [0.5, 0.6) is 0 Å². The predicted molar refractivity (Wildman–Crippen MR) is 60.7 cm³/mol. The van der Waals surface area contributed by atoms with Gasteiger partial charge >= 0.3 is 0 Å². The summed E-state index contributed by atoms with van der Waals surface area (Å²) in [6, 6.07) is -0.0844. The largest absolute Gasteiger partial charge is 0.338 e. The molecule has 0 aromatic heterocycles.